The Labute approximate surface area is 137 Å². The molecule has 1 heterocycles. The van der Waals surface area contributed by atoms with Gasteiger partial charge in [0.2, 0.25) is 5.91 Å². The van der Waals surface area contributed by atoms with Crippen LogP contribution in [0.3, 0.4) is 0 Å². The zero-order valence-electron chi connectivity index (χ0n) is 12.7. The molecule has 1 fully saturated rings. The van der Waals surface area contributed by atoms with Crippen LogP contribution in [0, 0.1) is 23.0 Å². The Morgan fingerprint density at radius 2 is 2.13 bits per heavy atom. The lowest BCUT2D eigenvalue weighted by Gasteiger charge is -2.07. The summed E-state index contributed by atoms with van der Waals surface area (Å²) in [6.07, 6.45) is 4.09. The van der Waals surface area contributed by atoms with E-state index < -0.39 is 4.92 Å². The molecule has 1 N–H and O–H groups in total. The summed E-state index contributed by atoms with van der Waals surface area (Å²) in [5.74, 6) is 0.112. The largest absolute Gasteiger partial charge is 0.302 e. The van der Waals surface area contributed by atoms with E-state index >= 15 is 0 Å². The van der Waals surface area contributed by atoms with Gasteiger partial charge < -0.3 is 5.32 Å². The number of aryl methyl sites for hydroxylation is 1. The lowest BCUT2D eigenvalue weighted by molar-refractivity contribution is -0.385. The van der Waals surface area contributed by atoms with Gasteiger partial charge >= 0.3 is 0 Å². The third kappa shape index (κ3) is 3.39. The number of aromatic nitrogens is 1. The Morgan fingerprint density at radius 3 is 2.83 bits per heavy atom. The van der Waals surface area contributed by atoms with Gasteiger partial charge in [0, 0.05) is 28.5 Å². The molecular weight excluding hydrogens is 314 g/mol. The molecule has 0 aliphatic heterocycles. The van der Waals surface area contributed by atoms with Gasteiger partial charge in [-0.2, -0.15) is 0 Å². The molecule has 0 spiro atoms. The molecule has 0 unspecified atom stereocenters. The van der Waals surface area contributed by atoms with Gasteiger partial charge in [0.15, 0.2) is 5.13 Å². The molecule has 2 aromatic rings. The molecule has 0 bridgehead atoms. The third-order valence-corrected chi connectivity index (χ3v) is 4.92. The predicted octanol–water partition coefficient (Wildman–Crippen LogP) is 4.16. The quantitative estimate of drug-likeness (QED) is 0.673. The van der Waals surface area contributed by atoms with Gasteiger partial charge in [-0.1, -0.05) is 25.0 Å². The second-order valence-corrected chi connectivity index (χ2v) is 6.63. The lowest BCUT2D eigenvalue weighted by atomic mass is 10.1. The topological polar surface area (TPSA) is 85.1 Å². The molecule has 1 aliphatic rings. The van der Waals surface area contributed by atoms with Crippen molar-refractivity contribution in [2.45, 2.75) is 32.6 Å². The standard InChI is InChI=1S/C16H17N3O3S/c1-10-6-7-12(8-14(10)19(21)22)13-9-23-16(17-13)18-15(20)11-4-2-3-5-11/h6-9,11H,2-5H2,1H3,(H,17,18,20). The van der Waals surface area contributed by atoms with E-state index in [1.54, 1.807) is 24.4 Å². The van der Waals surface area contributed by atoms with Crippen LogP contribution in [0.4, 0.5) is 10.8 Å². The minimum absolute atomic E-state index is 0.0262. The van der Waals surface area contributed by atoms with Crippen molar-refractivity contribution in [3.8, 4) is 11.3 Å². The van der Waals surface area contributed by atoms with Crippen LogP contribution in [0.5, 0.6) is 0 Å². The Kier molecular flexibility index (Phi) is 4.38. The molecule has 7 heteroatoms. The van der Waals surface area contributed by atoms with Crippen LogP contribution in [-0.2, 0) is 4.79 Å². The number of thiazole rings is 1. The van der Waals surface area contributed by atoms with Gasteiger partial charge in [-0.05, 0) is 19.8 Å². The number of hydrogen-bond acceptors (Lipinski definition) is 5. The summed E-state index contributed by atoms with van der Waals surface area (Å²) in [7, 11) is 0. The summed E-state index contributed by atoms with van der Waals surface area (Å²) in [6, 6.07) is 5.04. The van der Waals surface area contributed by atoms with Crippen LogP contribution in [0.2, 0.25) is 0 Å². The van der Waals surface area contributed by atoms with Crippen LogP contribution in [0.25, 0.3) is 11.3 Å². The Bertz CT molecular complexity index is 751. The number of carbonyl (C=O) groups excluding carboxylic acids is 1. The maximum atomic E-state index is 12.1. The first kappa shape index (κ1) is 15.6. The van der Waals surface area contributed by atoms with Gasteiger partial charge in [-0.15, -0.1) is 11.3 Å². The van der Waals surface area contributed by atoms with Crippen molar-refractivity contribution in [3.63, 3.8) is 0 Å². The van der Waals surface area contributed by atoms with E-state index in [1.807, 2.05) is 0 Å². The molecule has 1 aromatic heterocycles. The molecule has 0 saturated heterocycles. The highest BCUT2D eigenvalue weighted by molar-refractivity contribution is 7.14. The molecule has 120 valence electrons. The van der Waals surface area contributed by atoms with Crippen molar-refractivity contribution in [1.82, 2.24) is 4.98 Å². The van der Waals surface area contributed by atoms with Crippen molar-refractivity contribution >= 4 is 28.1 Å². The number of nitro groups is 1. The highest BCUT2D eigenvalue weighted by Crippen LogP contribution is 2.31. The maximum absolute atomic E-state index is 12.1. The van der Waals surface area contributed by atoms with Gasteiger partial charge in [0.25, 0.3) is 5.69 Å². The molecule has 6 nitrogen and oxygen atoms in total. The van der Waals surface area contributed by atoms with Crippen LogP contribution in [0.1, 0.15) is 31.2 Å². The highest BCUT2D eigenvalue weighted by atomic mass is 32.1. The number of nitrogens with zero attached hydrogens (tertiary/aromatic N) is 2. The summed E-state index contributed by atoms with van der Waals surface area (Å²) in [5, 5.41) is 16.2. The minimum Gasteiger partial charge on any atom is -0.302 e. The fraction of sp³-hybridized carbons (Fsp3) is 0.375. The van der Waals surface area contributed by atoms with E-state index in [2.05, 4.69) is 10.3 Å². The molecular formula is C16H17N3O3S. The number of carbonyl (C=O) groups is 1. The average Bonchev–Trinajstić information content (AvgIpc) is 3.18. The van der Waals surface area contributed by atoms with Crippen molar-refractivity contribution < 1.29 is 9.72 Å². The van der Waals surface area contributed by atoms with Crippen LogP contribution >= 0.6 is 11.3 Å². The molecule has 0 atom stereocenters. The van der Waals surface area contributed by atoms with Gasteiger partial charge in [0.1, 0.15) is 0 Å². The van der Waals surface area contributed by atoms with Crippen molar-refractivity contribution in [3.05, 3.63) is 39.3 Å². The Balaban J connectivity index is 1.77. The zero-order chi connectivity index (χ0) is 16.4. The summed E-state index contributed by atoms with van der Waals surface area (Å²) < 4.78 is 0. The predicted molar refractivity (Wildman–Crippen MR) is 89.5 cm³/mol. The van der Waals surface area contributed by atoms with Crippen molar-refractivity contribution in [2.24, 2.45) is 5.92 Å². The van der Waals surface area contributed by atoms with E-state index in [9.17, 15) is 14.9 Å². The molecule has 3 rings (SSSR count). The van der Waals surface area contributed by atoms with Gasteiger partial charge in [0.05, 0.1) is 10.6 Å². The van der Waals surface area contributed by atoms with E-state index in [0.717, 1.165) is 25.7 Å². The Hall–Kier alpha value is -2.28. The van der Waals surface area contributed by atoms with Crippen molar-refractivity contribution in [2.75, 3.05) is 5.32 Å². The molecule has 23 heavy (non-hydrogen) atoms. The number of nitro benzene ring substituents is 1. The SMILES string of the molecule is Cc1ccc(-c2csc(NC(=O)C3CCCC3)n2)cc1[N+](=O)[O-]. The third-order valence-electron chi connectivity index (χ3n) is 4.16. The first-order valence-electron chi connectivity index (χ1n) is 7.56. The number of nitrogens with one attached hydrogen (secondary N) is 1. The zero-order valence-corrected chi connectivity index (χ0v) is 13.6. The number of anilines is 1. The van der Waals surface area contributed by atoms with E-state index in [4.69, 9.17) is 0 Å². The number of amides is 1. The van der Waals surface area contributed by atoms with Crippen molar-refractivity contribution in [1.29, 1.82) is 0 Å². The number of benzene rings is 1. The van der Waals surface area contributed by atoms with Crippen LogP contribution in [0.15, 0.2) is 23.6 Å². The van der Waals surface area contributed by atoms with E-state index in [0.29, 0.717) is 22.0 Å². The number of rotatable bonds is 4. The fourth-order valence-electron chi connectivity index (χ4n) is 2.82. The molecule has 1 aromatic carbocycles. The lowest BCUT2D eigenvalue weighted by Crippen LogP contribution is -2.20. The Morgan fingerprint density at radius 1 is 1.39 bits per heavy atom. The summed E-state index contributed by atoms with van der Waals surface area (Å²) in [4.78, 5) is 27.1. The van der Waals surface area contributed by atoms with Gasteiger partial charge in [-0.3, -0.25) is 14.9 Å². The first-order valence-corrected chi connectivity index (χ1v) is 8.44. The van der Waals surface area contributed by atoms with E-state index in [-0.39, 0.29) is 17.5 Å². The molecule has 1 amide bonds. The highest BCUT2D eigenvalue weighted by Gasteiger charge is 2.23. The molecule has 1 aliphatic carbocycles. The first-order chi connectivity index (χ1) is 11.0. The average molecular weight is 331 g/mol. The van der Waals surface area contributed by atoms with Crippen LogP contribution in [-0.4, -0.2) is 15.8 Å². The number of hydrogen-bond donors (Lipinski definition) is 1. The second-order valence-electron chi connectivity index (χ2n) is 5.77. The monoisotopic (exact) mass is 331 g/mol. The second kappa shape index (κ2) is 6.45. The normalized spacial score (nSPS) is 14.8. The summed E-state index contributed by atoms with van der Waals surface area (Å²) >= 11 is 1.34. The van der Waals surface area contributed by atoms with Crippen LogP contribution < -0.4 is 5.32 Å². The van der Waals surface area contributed by atoms with E-state index in [1.165, 1.54) is 17.4 Å². The van der Waals surface area contributed by atoms with Gasteiger partial charge in [-0.25, -0.2) is 4.98 Å². The minimum atomic E-state index is -0.395. The molecule has 1 saturated carbocycles. The fourth-order valence-corrected chi connectivity index (χ4v) is 3.55. The summed E-state index contributed by atoms with van der Waals surface area (Å²) in [6.45, 7) is 1.70. The smallest absolute Gasteiger partial charge is 0.272 e. The maximum Gasteiger partial charge on any atom is 0.272 e. The molecule has 0 radical (unpaired) electrons. The summed E-state index contributed by atoms with van der Waals surface area (Å²) in [5.41, 5.74) is 2.01.